The van der Waals surface area contributed by atoms with Crippen LogP contribution < -0.4 is 0 Å². The fraction of sp³-hybridized carbons (Fsp3) is 1.00. The zero-order chi connectivity index (χ0) is 8.39. The van der Waals surface area contributed by atoms with Crippen LogP contribution in [-0.2, 0) is 0 Å². The van der Waals surface area contributed by atoms with Gasteiger partial charge in [0.1, 0.15) is 0 Å². The molecule has 0 N–H and O–H groups in total. The lowest BCUT2D eigenvalue weighted by Gasteiger charge is -2.37. The Morgan fingerprint density at radius 2 is 2.00 bits per heavy atom. The highest BCUT2D eigenvalue weighted by Gasteiger charge is 2.32. The second kappa shape index (κ2) is 3.78. The van der Waals surface area contributed by atoms with Crippen LogP contribution in [0.15, 0.2) is 0 Å². The van der Waals surface area contributed by atoms with Gasteiger partial charge in [0.05, 0.1) is 0 Å². The molecule has 2 fully saturated rings. The predicted octanol–water partition coefficient (Wildman–Crippen LogP) is 2.80. The molecular weight excluding hydrogens is 146 g/mol. The third kappa shape index (κ3) is 1.52. The van der Waals surface area contributed by atoms with Crippen molar-refractivity contribution in [2.75, 3.05) is 6.54 Å². The number of piperidine rings is 1. The van der Waals surface area contributed by atoms with Gasteiger partial charge in [0.15, 0.2) is 0 Å². The van der Waals surface area contributed by atoms with Gasteiger partial charge in [-0.15, -0.1) is 0 Å². The first-order valence-corrected chi connectivity index (χ1v) is 5.67. The van der Waals surface area contributed by atoms with Crippen LogP contribution in [0.1, 0.15) is 51.9 Å². The van der Waals surface area contributed by atoms with Gasteiger partial charge in [-0.05, 0) is 38.6 Å². The Kier molecular flexibility index (Phi) is 2.69. The van der Waals surface area contributed by atoms with Crippen molar-refractivity contribution in [3.63, 3.8) is 0 Å². The Morgan fingerprint density at radius 3 is 2.83 bits per heavy atom. The maximum absolute atomic E-state index is 2.80. The molecule has 70 valence electrons. The van der Waals surface area contributed by atoms with E-state index in [-0.39, 0.29) is 0 Å². The van der Waals surface area contributed by atoms with Crippen molar-refractivity contribution in [1.29, 1.82) is 0 Å². The van der Waals surface area contributed by atoms with Gasteiger partial charge in [-0.2, -0.15) is 0 Å². The molecule has 12 heavy (non-hydrogen) atoms. The molecule has 0 aromatic rings. The summed E-state index contributed by atoms with van der Waals surface area (Å²) in [5.41, 5.74) is 0. The van der Waals surface area contributed by atoms with Gasteiger partial charge in [0.25, 0.3) is 0 Å². The Balaban J connectivity index is 1.94. The molecule has 0 saturated carbocycles. The summed E-state index contributed by atoms with van der Waals surface area (Å²) in [5.74, 6) is 0. The van der Waals surface area contributed by atoms with Gasteiger partial charge in [-0.3, -0.25) is 4.90 Å². The van der Waals surface area contributed by atoms with Crippen molar-refractivity contribution < 1.29 is 0 Å². The summed E-state index contributed by atoms with van der Waals surface area (Å²) in [5, 5.41) is 0. The molecule has 0 unspecified atom stereocenters. The molecule has 0 aromatic carbocycles. The largest absolute Gasteiger partial charge is 0.297 e. The molecule has 2 aliphatic rings. The van der Waals surface area contributed by atoms with Crippen LogP contribution in [0.4, 0.5) is 0 Å². The lowest BCUT2D eigenvalue weighted by Crippen LogP contribution is -2.42. The Labute approximate surface area is 76.1 Å². The summed E-state index contributed by atoms with van der Waals surface area (Å²) in [6.07, 6.45) is 10.2. The smallest absolute Gasteiger partial charge is 0.00986 e. The van der Waals surface area contributed by atoms with Crippen molar-refractivity contribution in [3.05, 3.63) is 0 Å². The Hall–Kier alpha value is -0.0400. The minimum Gasteiger partial charge on any atom is -0.297 e. The SMILES string of the molecule is CCC[C@@H]1CCC[C@@H]2CCCN21. The van der Waals surface area contributed by atoms with E-state index in [0.717, 1.165) is 12.1 Å². The highest BCUT2D eigenvalue weighted by molar-refractivity contribution is 4.88. The van der Waals surface area contributed by atoms with Crippen molar-refractivity contribution >= 4 is 0 Å². The van der Waals surface area contributed by atoms with Crippen LogP contribution in [0.25, 0.3) is 0 Å². The maximum atomic E-state index is 2.80. The minimum atomic E-state index is 0.955. The highest BCUT2D eigenvalue weighted by atomic mass is 15.2. The number of nitrogens with zero attached hydrogens (tertiary/aromatic N) is 1. The van der Waals surface area contributed by atoms with Crippen molar-refractivity contribution in [3.8, 4) is 0 Å². The van der Waals surface area contributed by atoms with Crippen LogP contribution in [0.2, 0.25) is 0 Å². The van der Waals surface area contributed by atoms with Gasteiger partial charge < -0.3 is 0 Å². The fourth-order valence-corrected chi connectivity index (χ4v) is 3.05. The minimum absolute atomic E-state index is 0.955. The highest BCUT2D eigenvalue weighted by Crippen LogP contribution is 2.32. The lowest BCUT2D eigenvalue weighted by atomic mass is 9.94. The second-order valence-corrected chi connectivity index (χ2v) is 4.41. The van der Waals surface area contributed by atoms with Crippen LogP contribution >= 0.6 is 0 Å². The quantitative estimate of drug-likeness (QED) is 0.611. The van der Waals surface area contributed by atoms with Gasteiger partial charge in [-0.1, -0.05) is 19.8 Å². The lowest BCUT2D eigenvalue weighted by molar-refractivity contribution is 0.116. The molecular formula is C11H21N. The predicted molar refractivity (Wildman–Crippen MR) is 52.3 cm³/mol. The third-order valence-corrected chi connectivity index (χ3v) is 3.59. The number of fused-ring (bicyclic) bond motifs is 1. The summed E-state index contributed by atoms with van der Waals surface area (Å²) >= 11 is 0. The Morgan fingerprint density at radius 1 is 1.17 bits per heavy atom. The van der Waals surface area contributed by atoms with E-state index in [1.165, 1.54) is 51.5 Å². The first-order valence-electron chi connectivity index (χ1n) is 5.67. The average molecular weight is 167 g/mol. The first kappa shape index (κ1) is 8.55. The molecule has 0 radical (unpaired) electrons. The molecule has 2 saturated heterocycles. The van der Waals surface area contributed by atoms with Crippen LogP contribution in [-0.4, -0.2) is 23.5 Å². The van der Waals surface area contributed by atoms with Gasteiger partial charge in [0.2, 0.25) is 0 Å². The molecule has 2 heterocycles. The third-order valence-electron chi connectivity index (χ3n) is 3.59. The van der Waals surface area contributed by atoms with Gasteiger partial charge >= 0.3 is 0 Å². The van der Waals surface area contributed by atoms with E-state index in [1.807, 2.05) is 0 Å². The molecule has 0 aliphatic carbocycles. The summed E-state index contributed by atoms with van der Waals surface area (Å²) in [6, 6.07) is 1.94. The van der Waals surface area contributed by atoms with E-state index >= 15 is 0 Å². The van der Waals surface area contributed by atoms with E-state index < -0.39 is 0 Å². The normalized spacial score (nSPS) is 36.8. The zero-order valence-electron chi connectivity index (χ0n) is 8.26. The summed E-state index contributed by atoms with van der Waals surface area (Å²) in [6.45, 7) is 3.72. The number of hydrogen-bond acceptors (Lipinski definition) is 1. The molecule has 0 bridgehead atoms. The van der Waals surface area contributed by atoms with E-state index in [9.17, 15) is 0 Å². The van der Waals surface area contributed by atoms with E-state index in [1.54, 1.807) is 0 Å². The topological polar surface area (TPSA) is 3.24 Å². The number of rotatable bonds is 2. The van der Waals surface area contributed by atoms with Crippen LogP contribution in [0, 0.1) is 0 Å². The monoisotopic (exact) mass is 167 g/mol. The summed E-state index contributed by atoms with van der Waals surface area (Å²) < 4.78 is 0. The van der Waals surface area contributed by atoms with Crippen molar-refractivity contribution in [2.45, 2.75) is 64.0 Å². The summed E-state index contributed by atoms with van der Waals surface area (Å²) in [7, 11) is 0. The summed E-state index contributed by atoms with van der Waals surface area (Å²) in [4.78, 5) is 2.80. The zero-order valence-corrected chi connectivity index (χ0v) is 8.26. The van der Waals surface area contributed by atoms with E-state index in [0.29, 0.717) is 0 Å². The fourth-order valence-electron chi connectivity index (χ4n) is 3.05. The van der Waals surface area contributed by atoms with Crippen molar-refractivity contribution in [1.82, 2.24) is 4.90 Å². The molecule has 2 rings (SSSR count). The average Bonchev–Trinajstić information content (AvgIpc) is 2.53. The van der Waals surface area contributed by atoms with E-state index in [2.05, 4.69) is 11.8 Å². The molecule has 1 heteroatoms. The van der Waals surface area contributed by atoms with Gasteiger partial charge in [0, 0.05) is 12.1 Å². The molecule has 2 atom stereocenters. The van der Waals surface area contributed by atoms with Crippen LogP contribution in [0.3, 0.4) is 0 Å². The maximum Gasteiger partial charge on any atom is 0.00986 e. The van der Waals surface area contributed by atoms with Crippen LogP contribution in [0.5, 0.6) is 0 Å². The van der Waals surface area contributed by atoms with Gasteiger partial charge in [-0.25, -0.2) is 0 Å². The van der Waals surface area contributed by atoms with E-state index in [4.69, 9.17) is 0 Å². The first-order chi connectivity index (χ1) is 5.92. The number of hydrogen-bond donors (Lipinski definition) is 0. The Bertz CT molecular complexity index is 142. The standard InChI is InChI=1S/C11H21N/c1-2-5-10-6-3-7-11-8-4-9-12(10)11/h10-11H,2-9H2,1H3/t10-,11-/m1/s1. The van der Waals surface area contributed by atoms with Crippen molar-refractivity contribution in [2.24, 2.45) is 0 Å². The second-order valence-electron chi connectivity index (χ2n) is 4.41. The molecule has 1 nitrogen and oxygen atoms in total. The molecule has 2 aliphatic heterocycles. The molecule has 0 aromatic heterocycles. The molecule has 0 spiro atoms. The molecule has 0 amide bonds.